The van der Waals surface area contributed by atoms with Gasteiger partial charge < -0.3 is 10.8 Å². The van der Waals surface area contributed by atoms with Crippen molar-refractivity contribution in [1.82, 2.24) is 0 Å². The van der Waals surface area contributed by atoms with E-state index in [1.807, 2.05) is 13.8 Å². The van der Waals surface area contributed by atoms with Gasteiger partial charge in [0.2, 0.25) is 0 Å². The average Bonchev–Trinajstić information content (AvgIpc) is 1.99. The predicted octanol–water partition coefficient (Wildman–Crippen LogP) is 1.71. The molecule has 1 aliphatic rings. The smallest absolute Gasteiger partial charge is 0.321 e. The summed E-state index contributed by atoms with van der Waals surface area (Å²) >= 11 is 1.69. The van der Waals surface area contributed by atoms with E-state index in [1.54, 1.807) is 11.8 Å². The molecule has 0 aliphatic heterocycles. The van der Waals surface area contributed by atoms with E-state index < -0.39 is 12.0 Å². The minimum absolute atomic E-state index is 0.360. The molecule has 1 atom stereocenters. The van der Waals surface area contributed by atoms with Crippen LogP contribution in [-0.2, 0) is 4.79 Å². The zero-order valence-corrected chi connectivity index (χ0v) is 9.64. The number of carbonyl (C=O) groups is 1. The van der Waals surface area contributed by atoms with Crippen LogP contribution in [0.25, 0.3) is 0 Å². The molecule has 0 heterocycles. The van der Waals surface area contributed by atoms with Gasteiger partial charge in [-0.1, -0.05) is 6.42 Å². The monoisotopic (exact) mass is 217 g/mol. The van der Waals surface area contributed by atoms with E-state index in [1.165, 1.54) is 19.3 Å². The fourth-order valence-electron chi connectivity index (χ4n) is 1.38. The predicted molar refractivity (Wildman–Crippen MR) is 59.5 cm³/mol. The van der Waals surface area contributed by atoms with Crippen molar-refractivity contribution in [2.24, 2.45) is 11.7 Å². The number of nitrogens with two attached hydrogens (primary N) is 1. The first-order valence-corrected chi connectivity index (χ1v) is 6.04. The van der Waals surface area contributed by atoms with Gasteiger partial charge in [-0.25, -0.2) is 0 Å². The number of rotatable bonds is 5. The largest absolute Gasteiger partial charge is 0.480 e. The fraction of sp³-hybridized carbons (Fsp3) is 0.900. The maximum absolute atomic E-state index is 10.7. The van der Waals surface area contributed by atoms with Crippen LogP contribution in [0.1, 0.15) is 33.1 Å². The lowest BCUT2D eigenvalue weighted by molar-refractivity contribution is -0.139. The van der Waals surface area contributed by atoms with Gasteiger partial charge in [0.1, 0.15) is 6.04 Å². The molecular formula is C10H19NO2S. The van der Waals surface area contributed by atoms with E-state index in [2.05, 4.69) is 0 Å². The lowest BCUT2D eigenvalue weighted by atomic mass is 9.87. The Labute approximate surface area is 89.4 Å². The Balaban J connectivity index is 2.35. The van der Waals surface area contributed by atoms with Crippen LogP contribution in [0.3, 0.4) is 0 Å². The Kier molecular flexibility index (Phi) is 3.84. The van der Waals surface area contributed by atoms with Crippen LogP contribution in [0.2, 0.25) is 0 Å². The molecule has 4 heteroatoms. The van der Waals surface area contributed by atoms with E-state index in [0.29, 0.717) is 0 Å². The quantitative estimate of drug-likeness (QED) is 0.736. The highest BCUT2D eigenvalue weighted by molar-refractivity contribution is 8.00. The van der Waals surface area contributed by atoms with Crippen molar-refractivity contribution >= 4 is 17.7 Å². The lowest BCUT2D eigenvalue weighted by Crippen LogP contribution is -2.47. The molecule has 3 N–H and O–H groups in total. The first kappa shape index (κ1) is 11.9. The minimum atomic E-state index is -0.906. The van der Waals surface area contributed by atoms with Gasteiger partial charge in [0.05, 0.1) is 0 Å². The summed E-state index contributed by atoms with van der Waals surface area (Å²) in [6, 6.07) is -0.771. The Bertz CT molecular complexity index is 214. The molecule has 0 aromatic carbocycles. The number of hydrogen-bond donors (Lipinski definition) is 2. The summed E-state index contributed by atoms with van der Waals surface area (Å²) < 4.78 is -0.360. The van der Waals surface area contributed by atoms with Crippen molar-refractivity contribution in [3.05, 3.63) is 0 Å². The van der Waals surface area contributed by atoms with Gasteiger partial charge in [-0.05, 0) is 38.4 Å². The van der Waals surface area contributed by atoms with E-state index in [0.717, 1.165) is 11.7 Å². The second-order valence-electron chi connectivity index (χ2n) is 4.53. The number of thioether (sulfide) groups is 1. The van der Waals surface area contributed by atoms with Gasteiger partial charge >= 0.3 is 5.97 Å². The van der Waals surface area contributed by atoms with Gasteiger partial charge in [0, 0.05) is 4.75 Å². The topological polar surface area (TPSA) is 63.3 Å². The van der Waals surface area contributed by atoms with Crippen LogP contribution >= 0.6 is 11.8 Å². The zero-order valence-electron chi connectivity index (χ0n) is 8.82. The van der Waals surface area contributed by atoms with Crippen LogP contribution in [0, 0.1) is 5.92 Å². The van der Waals surface area contributed by atoms with Gasteiger partial charge in [-0.2, -0.15) is 11.8 Å². The van der Waals surface area contributed by atoms with E-state index in [9.17, 15) is 4.79 Å². The van der Waals surface area contributed by atoms with E-state index in [4.69, 9.17) is 10.8 Å². The van der Waals surface area contributed by atoms with Crippen molar-refractivity contribution in [2.45, 2.75) is 43.9 Å². The lowest BCUT2D eigenvalue weighted by Gasteiger charge is -2.32. The van der Waals surface area contributed by atoms with Crippen molar-refractivity contribution in [3.8, 4) is 0 Å². The number of hydrogen-bond acceptors (Lipinski definition) is 3. The molecule has 0 aromatic heterocycles. The molecule has 3 nitrogen and oxygen atoms in total. The average molecular weight is 217 g/mol. The zero-order chi connectivity index (χ0) is 10.8. The number of carboxylic acids is 1. The molecule has 14 heavy (non-hydrogen) atoms. The molecule has 0 unspecified atom stereocenters. The molecule has 1 aliphatic carbocycles. The molecule has 0 amide bonds. The second-order valence-corrected chi connectivity index (χ2v) is 6.20. The summed E-state index contributed by atoms with van der Waals surface area (Å²) in [5, 5.41) is 8.82. The highest BCUT2D eigenvalue weighted by Gasteiger charge is 2.33. The number of carboxylic acid groups (broad SMARTS) is 1. The molecule has 0 bridgehead atoms. The Morgan fingerprint density at radius 1 is 1.64 bits per heavy atom. The van der Waals surface area contributed by atoms with Crippen LogP contribution in [0.5, 0.6) is 0 Å². The standard InChI is InChI=1S/C10H19NO2S/c1-10(2,8(11)9(12)13)14-6-7-4-3-5-7/h7-8H,3-6,11H2,1-2H3,(H,12,13)/t8-/m1/s1. The van der Waals surface area contributed by atoms with Crippen molar-refractivity contribution in [3.63, 3.8) is 0 Å². The minimum Gasteiger partial charge on any atom is -0.480 e. The molecule has 82 valence electrons. The third-order valence-electron chi connectivity index (χ3n) is 2.93. The summed E-state index contributed by atoms with van der Waals surface area (Å²) in [6.45, 7) is 3.82. The molecule has 1 rings (SSSR count). The first-order valence-electron chi connectivity index (χ1n) is 5.06. The Morgan fingerprint density at radius 2 is 2.21 bits per heavy atom. The maximum atomic E-state index is 10.7. The van der Waals surface area contributed by atoms with Gasteiger partial charge in [0.15, 0.2) is 0 Å². The van der Waals surface area contributed by atoms with Crippen LogP contribution < -0.4 is 5.73 Å². The normalized spacial score (nSPS) is 20.2. The third kappa shape index (κ3) is 2.89. The van der Waals surface area contributed by atoms with E-state index in [-0.39, 0.29) is 4.75 Å². The fourth-order valence-corrected chi connectivity index (χ4v) is 2.66. The van der Waals surface area contributed by atoms with Crippen molar-refractivity contribution in [2.75, 3.05) is 5.75 Å². The molecular weight excluding hydrogens is 198 g/mol. The van der Waals surface area contributed by atoms with Crippen LogP contribution in [0.15, 0.2) is 0 Å². The van der Waals surface area contributed by atoms with Crippen LogP contribution in [-0.4, -0.2) is 27.6 Å². The molecule has 0 saturated heterocycles. The van der Waals surface area contributed by atoms with Gasteiger partial charge in [-0.3, -0.25) is 4.79 Å². The molecule has 0 aromatic rings. The summed E-state index contributed by atoms with van der Waals surface area (Å²) in [5.41, 5.74) is 5.62. The molecule has 0 spiro atoms. The third-order valence-corrected chi connectivity index (χ3v) is 4.57. The summed E-state index contributed by atoms with van der Waals surface area (Å²) in [5.74, 6) is 0.935. The Hall–Kier alpha value is -0.220. The molecule has 1 fully saturated rings. The van der Waals surface area contributed by atoms with Crippen LogP contribution in [0.4, 0.5) is 0 Å². The maximum Gasteiger partial charge on any atom is 0.321 e. The van der Waals surface area contributed by atoms with Gasteiger partial charge in [0.25, 0.3) is 0 Å². The molecule has 0 radical (unpaired) electrons. The Morgan fingerprint density at radius 3 is 2.57 bits per heavy atom. The highest BCUT2D eigenvalue weighted by Crippen LogP contribution is 2.35. The highest BCUT2D eigenvalue weighted by atomic mass is 32.2. The summed E-state index contributed by atoms with van der Waals surface area (Å²) in [4.78, 5) is 10.7. The number of aliphatic carboxylic acids is 1. The summed E-state index contributed by atoms with van der Waals surface area (Å²) in [7, 11) is 0. The van der Waals surface area contributed by atoms with Crippen molar-refractivity contribution in [1.29, 1.82) is 0 Å². The SMILES string of the molecule is CC(C)(SCC1CCC1)[C@H](N)C(=O)O. The van der Waals surface area contributed by atoms with Crippen molar-refractivity contribution < 1.29 is 9.90 Å². The second kappa shape index (κ2) is 4.53. The molecule has 1 saturated carbocycles. The first-order chi connectivity index (χ1) is 6.43. The van der Waals surface area contributed by atoms with E-state index >= 15 is 0 Å². The summed E-state index contributed by atoms with van der Waals surface area (Å²) in [6.07, 6.45) is 3.92. The van der Waals surface area contributed by atoms with Gasteiger partial charge in [-0.15, -0.1) is 0 Å².